The molecule has 0 heterocycles. The normalized spacial score (nSPS) is 11.9. The van der Waals surface area contributed by atoms with Crippen molar-refractivity contribution in [3.63, 3.8) is 0 Å². The number of anilines is 1. The Morgan fingerprint density at radius 1 is 1.19 bits per heavy atom. The Hall–Kier alpha value is -2.90. The third kappa shape index (κ3) is 2.83. The summed E-state index contributed by atoms with van der Waals surface area (Å²) < 4.78 is 26.6. The van der Waals surface area contributed by atoms with E-state index >= 15 is 0 Å². The lowest BCUT2D eigenvalue weighted by molar-refractivity contribution is -0.384. The maximum absolute atomic E-state index is 13.7. The van der Waals surface area contributed by atoms with Crippen LogP contribution in [-0.2, 0) is 0 Å². The molecule has 2 aromatic rings. The number of halogens is 2. The molecule has 108 valence electrons. The third-order valence-electron chi connectivity index (χ3n) is 2.93. The molecule has 0 aliphatic heterocycles. The molecular weight excluding hydrogens is 284 g/mol. The van der Waals surface area contributed by atoms with Crippen molar-refractivity contribution in [3.8, 4) is 0 Å². The van der Waals surface area contributed by atoms with Crippen molar-refractivity contribution in [2.45, 2.75) is 6.04 Å². The minimum atomic E-state index is -1.33. The summed E-state index contributed by atoms with van der Waals surface area (Å²) in [5.74, 6) is -1.76. The number of nitrogen functional groups attached to an aromatic ring is 1. The zero-order valence-electron chi connectivity index (χ0n) is 10.5. The Kier molecular flexibility index (Phi) is 3.88. The van der Waals surface area contributed by atoms with Crippen molar-refractivity contribution in [1.29, 1.82) is 0 Å². The van der Waals surface area contributed by atoms with E-state index in [9.17, 15) is 23.8 Å². The fourth-order valence-electron chi connectivity index (χ4n) is 1.91. The molecule has 0 saturated heterocycles. The summed E-state index contributed by atoms with van der Waals surface area (Å²) in [6, 6.07) is 4.93. The van der Waals surface area contributed by atoms with Gasteiger partial charge in [0.1, 0.15) is 23.4 Å². The molecular formula is C13H9F2N3O3. The van der Waals surface area contributed by atoms with Gasteiger partial charge in [0.05, 0.1) is 4.92 Å². The second kappa shape index (κ2) is 5.61. The molecule has 6 nitrogen and oxygen atoms in total. The zero-order valence-corrected chi connectivity index (χ0v) is 10.5. The van der Waals surface area contributed by atoms with Crippen LogP contribution in [0.5, 0.6) is 0 Å². The van der Waals surface area contributed by atoms with Gasteiger partial charge in [0.15, 0.2) is 0 Å². The molecule has 0 aromatic heterocycles. The standard InChI is InChI=1S/C13H9F2N3O3/c14-8-2-3-9(10(15)6-8)13(17-19)7-1-4-11(16)12(5-7)18(20)21/h1-6,13H,16H2. The van der Waals surface area contributed by atoms with Gasteiger partial charge < -0.3 is 5.73 Å². The van der Waals surface area contributed by atoms with E-state index in [0.29, 0.717) is 6.07 Å². The van der Waals surface area contributed by atoms with Gasteiger partial charge in [-0.1, -0.05) is 17.3 Å². The molecule has 1 atom stereocenters. The third-order valence-corrected chi connectivity index (χ3v) is 2.93. The van der Waals surface area contributed by atoms with Crippen molar-refractivity contribution >= 4 is 11.4 Å². The molecule has 8 heteroatoms. The van der Waals surface area contributed by atoms with E-state index in [0.717, 1.165) is 18.2 Å². The zero-order chi connectivity index (χ0) is 15.6. The number of rotatable bonds is 4. The Morgan fingerprint density at radius 3 is 2.48 bits per heavy atom. The lowest BCUT2D eigenvalue weighted by atomic mass is 9.98. The van der Waals surface area contributed by atoms with Crippen molar-refractivity contribution in [2.75, 3.05) is 5.73 Å². The number of benzene rings is 2. The number of nitro benzene ring substituents is 1. The van der Waals surface area contributed by atoms with E-state index in [4.69, 9.17) is 5.73 Å². The quantitative estimate of drug-likeness (QED) is 0.404. The van der Waals surface area contributed by atoms with E-state index in [1.165, 1.54) is 12.1 Å². The average molecular weight is 293 g/mol. The van der Waals surface area contributed by atoms with Gasteiger partial charge in [-0.3, -0.25) is 10.1 Å². The van der Waals surface area contributed by atoms with Gasteiger partial charge in [0.2, 0.25) is 0 Å². The van der Waals surface area contributed by atoms with Crippen molar-refractivity contribution < 1.29 is 13.7 Å². The highest BCUT2D eigenvalue weighted by molar-refractivity contribution is 5.60. The SMILES string of the molecule is Nc1ccc(C(N=O)c2ccc(F)cc2F)cc1[N+](=O)[O-]. The van der Waals surface area contributed by atoms with Crippen molar-refractivity contribution in [2.24, 2.45) is 5.18 Å². The van der Waals surface area contributed by atoms with Gasteiger partial charge in [-0.25, -0.2) is 8.78 Å². The Labute approximate surface area is 117 Å². The molecule has 0 radical (unpaired) electrons. The smallest absolute Gasteiger partial charge is 0.292 e. The number of nitrogens with zero attached hydrogens (tertiary/aromatic N) is 2. The highest BCUT2D eigenvalue weighted by Crippen LogP contribution is 2.32. The fourth-order valence-corrected chi connectivity index (χ4v) is 1.91. The van der Waals surface area contributed by atoms with E-state index in [-0.39, 0.29) is 16.8 Å². The van der Waals surface area contributed by atoms with Crippen LogP contribution in [-0.4, -0.2) is 4.92 Å². The summed E-state index contributed by atoms with van der Waals surface area (Å²) in [4.78, 5) is 21.1. The first-order valence-electron chi connectivity index (χ1n) is 5.75. The minimum absolute atomic E-state index is 0.0898. The number of nitro groups is 1. The molecule has 0 amide bonds. The summed E-state index contributed by atoms with van der Waals surface area (Å²) in [6.07, 6.45) is 0. The van der Waals surface area contributed by atoms with Crippen molar-refractivity contribution in [1.82, 2.24) is 0 Å². The van der Waals surface area contributed by atoms with Crippen LogP contribution in [0.2, 0.25) is 0 Å². The van der Waals surface area contributed by atoms with Gasteiger partial charge in [-0.2, -0.15) is 0 Å². The van der Waals surface area contributed by atoms with E-state index < -0.39 is 28.3 Å². The summed E-state index contributed by atoms with van der Waals surface area (Å²) in [5, 5.41) is 13.6. The second-order valence-electron chi connectivity index (χ2n) is 4.25. The largest absolute Gasteiger partial charge is 0.393 e. The maximum Gasteiger partial charge on any atom is 0.292 e. The molecule has 0 aliphatic carbocycles. The molecule has 2 rings (SSSR count). The fraction of sp³-hybridized carbons (Fsp3) is 0.0769. The maximum atomic E-state index is 13.7. The lowest BCUT2D eigenvalue weighted by Crippen LogP contribution is -2.03. The lowest BCUT2D eigenvalue weighted by Gasteiger charge is -2.11. The molecule has 0 saturated carbocycles. The molecule has 0 aliphatic rings. The van der Waals surface area contributed by atoms with E-state index in [1.54, 1.807) is 0 Å². The molecule has 0 fully saturated rings. The van der Waals surface area contributed by atoms with E-state index in [1.807, 2.05) is 0 Å². The van der Waals surface area contributed by atoms with Gasteiger partial charge in [-0.15, -0.1) is 4.91 Å². The highest BCUT2D eigenvalue weighted by atomic mass is 19.1. The molecule has 1 unspecified atom stereocenters. The molecule has 2 N–H and O–H groups in total. The van der Waals surface area contributed by atoms with Crippen LogP contribution in [0, 0.1) is 26.7 Å². The van der Waals surface area contributed by atoms with Crippen LogP contribution in [0.4, 0.5) is 20.2 Å². The summed E-state index contributed by atoms with van der Waals surface area (Å²) in [7, 11) is 0. The van der Waals surface area contributed by atoms with E-state index in [2.05, 4.69) is 5.18 Å². The number of hydrogen-bond donors (Lipinski definition) is 1. The Bertz CT molecular complexity index is 722. The molecule has 0 bridgehead atoms. The van der Waals surface area contributed by atoms with Crippen LogP contribution in [0.3, 0.4) is 0 Å². The monoisotopic (exact) mass is 293 g/mol. The first kappa shape index (κ1) is 14.5. The molecule has 21 heavy (non-hydrogen) atoms. The van der Waals surface area contributed by atoms with Gasteiger partial charge in [-0.05, 0) is 17.7 Å². The van der Waals surface area contributed by atoms with Crippen LogP contribution < -0.4 is 5.73 Å². The summed E-state index contributed by atoms with van der Waals surface area (Å²) in [6.45, 7) is 0. The highest BCUT2D eigenvalue weighted by Gasteiger charge is 2.22. The van der Waals surface area contributed by atoms with Gasteiger partial charge in [0, 0.05) is 17.7 Å². The first-order chi connectivity index (χ1) is 9.93. The van der Waals surface area contributed by atoms with Crippen molar-refractivity contribution in [3.05, 3.63) is 74.2 Å². The second-order valence-corrected chi connectivity index (χ2v) is 4.25. The summed E-state index contributed by atoms with van der Waals surface area (Å²) >= 11 is 0. The van der Waals surface area contributed by atoms with Gasteiger partial charge in [0.25, 0.3) is 5.69 Å². The Balaban J connectivity index is 2.54. The van der Waals surface area contributed by atoms with Crippen LogP contribution in [0.25, 0.3) is 0 Å². The number of hydrogen-bond acceptors (Lipinski definition) is 5. The predicted octanol–water partition coefficient (Wildman–Crippen LogP) is 3.31. The topological polar surface area (TPSA) is 98.6 Å². The number of nitroso groups, excluding NO2 is 1. The van der Waals surface area contributed by atoms with Crippen LogP contribution >= 0.6 is 0 Å². The van der Waals surface area contributed by atoms with Gasteiger partial charge >= 0.3 is 0 Å². The first-order valence-corrected chi connectivity index (χ1v) is 5.75. The summed E-state index contributed by atoms with van der Waals surface area (Å²) in [5.41, 5.74) is 4.86. The molecule has 0 spiro atoms. The molecule has 2 aromatic carbocycles. The Morgan fingerprint density at radius 2 is 1.90 bits per heavy atom. The minimum Gasteiger partial charge on any atom is -0.393 e. The number of nitrogens with two attached hydrogens (primary N) is 1. The predicted molar refractivity (Wildman–Crippen MR) is 71.5 cm³/mol. The van der Waals surface area contributed by atoms with Crippen LogP contribution in [0.15, 0.2) is 41.6 Å². The average Bonchev–Trinajstić information content (AvgIpc) is 2.43. The van der Waals surface area contributed by atoms with Crippen LogP contribution in [0.1, 0.15) is 17.2 Å².